The Balaban J connectivity index is 1.10. The van der Waals surface area contributed by atoms with Crippen molar-refractivity contribution in [1.82, 2.24) is 15.6 Å². The van der Waals surface area contributed by atoms with Crippen LogP contribution in [0.4, 0.5) is 10.5 Å². The van der Waals surface area contributed by atoms with E-state index in [2.05, 4.69) is 20.9 Å². The van der Waals surface area contributed by atoms with Gasteiger partial charge in [0.1, 0.15) is 0 Å². The number of fused-ring (bicyclic) bond motifs is 1. The maximum Gasteiger partial charge on any atom is 0.417 e. The molecule has 3 amide bonds. The minimum absolute atomic E-state index is 0.0297. The molecule has 0 radical (unpaired) electrons. The lowest BCUT2D eigenvalue weighted by atomic mass is 9.53. The predicted molar refractivity (Wildman–Crippen MR) is 108 cm³/mol. The zero-order valence-electron chi connectivity index (χ0n) is 16.3. The average Bonchev–Trinajstić information content (AvgIpc) is 2.99. The van der Waals surface area contributed by atoms with Gasteiger partial charge in [0, 0.05) is 24.2 Å². The van der Waals surface area contributed by atoms with E-state index in [9.17, 15) is 14.4 Å². The van der Waals surface area contributed by atoms with Crippen LogP contribution < -0.4 is 21.7 Å². The van der Waals surface area contributed by atoms with Crippen molar-refractivity contribution in [1.29, 1.82) is 0 Å². The minimum Gasteiger partial charge on any atom is -0.408 e. The fraction of sp³-hybridized carbons (Fsp3) is 0.571. The third kappa shape index (κ3) is 3.75. The summed E-state index contributed by atoms with van der Waals surface area (Å²) in [6.45, 7) is 0.273. The summed E-state index contributed by atoms with van der Waals surface area (Å²) in [7, 11) is 0. The van der Waals surface area contributed by atoms with Gasteiger partial charge in [-0.1, -0.05) is 0 Å². The van der Waals surface area contributed by atoms with E-state index in [4.69, 9.17) is 4.42 Å². The Labute approximate surface area is 167 Å². The van der Waals surface area contributed by atoms with Gasteiger partial charge in [-0.25, -0.2) is 9.59 Å². The van der Waals surface area contributed by atoms with E-state index in [0.717, 1.165) is 37.0 Å². The molecule has 29 heavy (non-hydrogen) atoms. The van der Waals surface area contributed by atoms with Crippen molar-refractivity contribution in [3.8, 4) is 0 Å². The molecule has 0 saturated heterocycles. The first-order valence-electron chi connectivity index (χ1n) is 10.5. The topological polar surface area (TPSA) is 116 Å². The molecule has 4 aliphatic carbocycles. The molecule has 4 fully saturated rings. The van der Waals surface area contributed by atoms with Crippen molar-refractivity contribution < 1.29 is 14.0 Å². The molecule has 4 bridgehead atoms. The fourth-order valence-corrected chi connectivity index (χ4v) is 6.09. The molecule has 0 aliphatic heterocycles. The van der Waals surface area contributed by atoms with Gasteiger partial charge in [-0.3, -0.25) is 9.78 Å². The molecule has 4 N–H and O–H groups in total. The lowest BCUT2D eigenvalue weighted by Gasteiger charge is -2.56. The van der Waals surface area contributed by atoms with Crippen molar-refractivity contribution in [3.05, 3.63) is 28.7 Å². The van der Waals surface area contributed by atoms with Crippen LogP contribution in [-0.2, 0) is 4.79 Å². The highest BCUT2D eigenvalue weighted by Gasteiger charge is 2.51. The summed E-state index contributed by atoms with van der Waals surface area (Å²) in [6.07, 6.45) is 7.49. The van der Waals surface area contributed by atoms with Crippen molar-refractivity contribution >= 4 is 28.7 Å². The number of aromatic nitrogens is 1. The molecular weight excluding hydrogens is 372 g/mol. The Morgan fingerprint density at radius 2 is 1.79 bits per heavy atom. The average molecular weight is 398 g/mol. The number of nitrogens with one attached hydrogen (secondary N) is 4. The van der Waals surface area contributed by atoms with Crippen molar-refractivity contribution in [2.45, 2.75) is 50.5 Å². The van der Waals surface area contributed by atoms with Crippen LogP contribution in [0.25, 0.3) is 11.1 Å². The molecule has 1 aromatic heterocycles. The molecule has 1 heterocycles. The fourth-order valence-electron chi connectivity index (χ4n) is 6.09. The summed E-state index contributed by atoms with van der Waals surface area (Å²) in [5.41, 5.74) is 1.51. The summed E-state index contributed by atoms with van der Waals surface area (Å²) in [5.74, 6) is 1.59. The van der Waals surface area contributed by atoms with Gasteiger partial charge in [0.15, 0.2) is 5.58 Å². The van der Waals surface area contributed by atoms with Gasteiger partial charge in [-0.2, -0.15) is 0 Å². The summed E-state index contributed by atoms with van der Waals surface area (Å²) < 4.78 is 4.94. The number of carbonyl (C=O) groups is 2. The predicted octanol–water partition coefficient (Wildman–Crippen LogP) is 2.72. The van der Waals surface area contributed by atoms with Crippen LogP contribution in [0.2, 0.25) is 0 Å². The molecule has 4 aliphatic rings. The first-order chi connectivity index (χ1) is 14.0. The van der Waals surface area contributed by atoms with Crippen LogP contribution in [0.1, 0.15) is 44.9 Å². The zero-order valence-corrected chi connectivity index (χ0v) is 16.3. The van der Waals surface area contributed by atoms with E-state index >= 15 is 0 Å². The maximum atomic E-state index is 12.4. The lowest BCUT2D eigenvalue weighted by molar-refractivity contribution is -0.116. The van der Waals surface area contributed by atoms with Gasteiger partial charge in [0.05, 0.1) is 5.52 Å². The third-order valence-corrected chi connectivity index (χ3v) is 6.76. The Morgan fingerprint density at radius 3 is 2.48 bits per heavy atom. The van der Waals surface area contributed by atoms with Crippen LogP contribution >= 0.6 is 0 Å². The number of aromatic amines is 1. The summed E-state index contributed by atoms with van der Waals surface area (Å²) in [4.78, 5) is 38.3. The SMILES string of the molecule is O=C(CCNC(=O)NC12CC3CC(CC(C3)C1)C2)Nc1ccc2oc(=O)[nH]c2c1. The van der Waals surface area contributed by atoms with E-state index < -0.39 is 5.76 Å². The minimum atomic E-state index is -0.530. The largest absolute Gasteiger partial charge is 0.417 e. The Hall–Kier alpha value is -2.77. The Bertz CT molecular complexity index is 972. The highest BCUT2D eigenvalue weighted by molar-refractivity contribution is 5.93. The number of amides is 3. The molecule has 8 heteroatoms. The van der Waals surface area contributed by atoms with Gasteiger partial charge >= 0.3 is 11.8 Å². The molecule has 0 unspecified atom stereocenters. The van der Waals surface area contributed by atoms with Gasteiger partial charge in [-0.05, 0) is 74.5 Å². The lowest BCUT2D eigenvalue weighted by Crippen LogP contribution is -2.61. The van der Waals surface area contributed by atoms with Crippen molar-refractivity contribution in [2.75, 3.05) is 11.9 Å². The number of hydrogen-bond donors (Lipinski definition) is 4. The molecule has 0 atom stereocenters. The number of oxazole rings is 1. The second kappa shape index (κ2) is 6.93. The number of carbonyl (C=O) groups excluding carboxylic acids is 2. The summed E-state index contributed by atoms with van der Waals surface area (Å²) in [5, 5.41) is 8.85. The van der Waals surface area contributed by atoms with Crippen LogP contribution in [-0.4, -0.2) is 29.0 Å². The Morgan fingerprint density at radius 1 is 1.10 bits per heavy atom. The van der Waals surface area contributed by atoms with Crippen LogP contribution in [0.5, 0.6) is 0 Å². The van der Waals surface area contributed by atoms with E-state index in [1.54, 1.807) is 18.2 Å². The molecule has 1 aromatic carbocycles. The zero-order chi connectivity index (χ0) is 20.0. The van der Waals surface area contributed by atoms with Gasteiger partial charge < -0.3 is 20.4 Å². The molecular formula is C21H26N4O4. The number of hydrogen-bond acceptors (Lipinski definition) is 4. The highest BCUT2D eigenvalue weighted by Crippen LogP contribution is 2.55. The number of urea groups is 1. The summed E-state index contributed by atoms with van der Waals surface area (Å²) in [6, 6.07) is 4.77. The Kier molecular flexibility index (Phi) is 4.37. The van der Waals surface area contributed by atoms with Gasteiger partial charge in [-0.15, -0.1) is 0 Å². The molecule has 8 nitrogen and oxygen atoms in total. The van der Waals surface area contributed by atoms with Crippen LogP contribution in [0, 0.1) is 17.8 Å². The van der Waals surface area contributed by atoms with Crippen molar-refractivity contribution in [3.63, 3.8) is 0 Å². The van der Waals surface area contributed by atoms with Crippen LogP contribution in [0.3, 0.4) is 0 Å². The van der Waals surface area contributed by atoms with E-state index in [1.807, 2.05) is 0 Å². The summed E-state index contributed by atoms with van der Waals surface area (Å²) >= 11 is 0. The molecule has 4 saturated carbocycles. The molecule has 2 aromatic rings. The van der Waals surface area contributed by atoms with Crippen LogP contribution in [0.15, 0.2) is 27.4 Å². The van der Waals surface area contributed by atoms with E-state index in [0.29, 0.717) is 16.8 Å². The van der Waals surface area contributed by atoms with Crippen molar-refractivity contribution in [2.24, 2.45) is 17.8 Å². The molecule has 6 rings (SSSR count). The standard InChI is InChI=1S/C21H26N4O4/c26-18(23-15-1-2-17-16(8-15)24-20(28)29-17)3-4-22-19(27)25-21-9-12-5-13(10-21)7-14(6-12)11-21/h1-2,8,12-14H,3-7,9-11H2,(H,23,26)(H,24,28)(H2,22,25,27). The molecule has 154 valence electrons. The van der Waals surface area contributed by atoms with E-state index in [-0.39, 0.29) is 30.4 Å². The number of anilines is 1. The number of H-pyrrole nitrogens is 1. The highest BCUT2D eigenvalue weighted by atomic mass is 16.4. The monoisotopic (exact) mass is 398 g/mol. The van der Waals surface area contributed by atoms with E-state index in [1.165, 1.54) is 19.3 Å². The first kappa shape index (κ1) is 18.3. The number of rotatable bonds is 5. The van der Waals surface area contributed by atoms with Gasteiger partial charge in [0.25, 0.3) is 0 Å². The quantitative estimate of drug-likeness (QED) is 0.620. The second-order valence-electron chi connectivity index (χ2n) is 9.10. The normalized spacial score (nSPS) is 29.7. The maximum absolute atomic E-state index is 12.4. The smallest absolute Gasteiger partial charge is 0.408 e. The van der Waals surface area contributed by atoms with Gasteiger partial charge in [0.2, 0.25) is 5.91 Å². The number of benzene rings is 1. The first-order valence-corrected chi connectivity index (χ1v) is 10.5. The second-order valence-corrected chi connectivity index (χ2v) is 9.10. The molecule has 0 spiro atoms. The third-order valence-electron chi connectivity index (χ3n) is 6.76.